The summed E-state index contributed by atoms with van der Waals surface area (Å²) in [5.74, 6) is 0.0897. The molecule has 0 bridgehead atoms. The molecule has 2 aromatic rings. The van der Waals surface area contributed by atoms with Gasteiger partial charge in [-0.15, -0.1) is 0 Å². The van der Waals surface area contributed by atoms with Crippen molar-refractivity contribution in [3.05, 3.63) is 29.5 Å². The molecule has 0 N–H and O–H groups in total. The van der Waals surface area contributed by atoms with E-state index < -0.39 is 11.7 Å². The van der Waals surface area contributed by atoms with Gasteiger partial charge in [-0.25, -0.2) is 0 Å². The highest BCUT2D eigenvalue weighted by atomic mass is 19.4. The Hall–Kier alpha value is -2.16. The quantitative estimate of drug-likeness (QED) is 0.769. The fraction of sp³-hybridized carbons (Fsp3) is 0.182. The van der Waals surface area contributed by atoms with Crippen molar-refractivity contribution in [3.8, 4) is 11.8 Å². The maximum atomic E-state index is 12.6. The monoisotopic (exact) mass is 241 g/mol. The van der Waals surface area contributed by atoms with E-state index in [1.54, 1.807) is 0 Å². The molecule has 0 aliphatic heterocycles. The first-order valence-electron chi connectivity index (χ1n) is 4.54. The molecule has 0 radical (unpaired) electrons. The fourth-order valence-electron chi connectivity index (χ4n) is 1.53. The predicted molar refractivity (Wildman–Crippen MR) is 52.5 cm³/mol. The van der Waals surface area contributed by atoms with E-state index in [1.807, 2.05) is 6.07 Å². The van der Waals surface area contributed by atoms with Gasteiger partial charge in [0, 0.05) is 11.5 Å². The van der Waals surface area contributed by atoms with Crippen molar-refractivity contribution in [2.24, 2.45) is 0 Å². The number of fused-ring (bicyclic) bond motifs is 1. The Morgan fingerprint density at radius 3 is 2.59 bits per heavy atom. The van der Waals surface area contributed by atoms with E-state index >= 15 is 0 Å². The Bertz CT molecular complexity index is 607. The van der Waals surface area contributed by atoms with Crippen molar-refractivity contribution in [2.75, 3.05) is 7.11 Å². The van der Waals surface area contributed by atoms with Crippen molar-refractivity contribution in [1.82, 2.24) is 0 Å². The van der Waals surface area contributed by atoms with E-state index in [4.69, 9.17) is 14.4 Å². The number of methoxy groups -OCH3 is 1. The van der Waals surface area contributed by atoms with Crippen molar-refractivity contribution < 1.29 is 22.3 Å². The second kappa shape index (κ2) is 3.70. The highest BCUT2D eigenvalue weighted by Crippen LogP contribution is 2.38. The number of furan rings is 1. The molecule has 0 spiro atoms. The first-order chi connectivity index (χ1) is 7.97. The largest absolute Gasteiger partial charge is 0.495 e. The molecule has 88 valence electrons. The van der Waals surface area contributed by atoms with Gasteiger partial charge in [0.1, 0.15) is 29.2 Å². The van der Waals surface area contributed by atoms with Crippen LogP contribution in [-0.2, 0) is 6.18 Å². The van der Waals surface area contributed by atoms with E-state index in [0.717, 1.165) is 6.07 Å². The van der Waals surface area contributed by atoms with Crippen LogP contribution in [0.5, 0.6) is 5.75 Å². The summed E-state index contributed by atoms with van der Waals surface area (Å²) in [6.07, 6.45) is -3.87. The molecule has 0 amide bonds. The third kappa shape index (κ3) is 1.80. The van der Waals surface area contributed by atoms with Gasteiger partial charge in [-0.2, -0.15) is 18.4 Å². The van der Waals surface area contributed by atoms with Gasteiger partial charge in [-0.1, -0.05) is 0 Å². The summed E-state index contributed by atoms with van der Waals surface area (Å²) in [5.41, 5.74) is -0.743. The van der Waals surface area contributed by atoms with Gasteiger partial charge in [0.2, 0.25) is 0 Å². The number of benzene rings is 1. The zero-order valence-corrected chi connectivity index (χ0v) is 8.63. The number of nitrogens with zero attached hydrogens (tertiary/aromatic N) is 1. The number of hydrogen-bond donors (Lipinski definition) is 0. The Morgan fingerprint density at radius 1 is 1.35 bits per heavy atom. The van der Waals surface area contributed by atoms with Crippen LogP contribution in [0.3, 0.4) is 0 Å². The summed E-state index contributed by atoms with van der Waals surface area (Å²) >= 11 is 0. The first-order valence-corrected chi connectivity index (χ1v) is 4.54. The second-order valence-electron chi connectivity index (χ2n) is 3.31. The fourth-order valence-corrected chi connectivity index (χ4v) is 1.53. The van der Waals surface area contributed by atoms with Gasteiger partial charge in [0.25, 0.3) is 0 Å². The summed E-state index contributed by atoms with van der Waals surface area (Å²) in [7, 11) is 1.29. The molecule has 0 saturated carbocycles. The van der Waals surface area contributed by atoms with Gasteiger partial charge >= 0.3 is 6.18 Å². The molecule has 0 aliphatic rings. The summed E-state index contributed by atoms with van der Waals surface area (Å²) in [6.45, 7) is 0. The van der Waals surface area contributed by atoms with Gasteiger partial charge in [-0.05, 0) is 6.07 Å². The standard InChI is InChI=1S/C11H6F3NO2/c1-16-9-3-7-8(11(12,13)14)5-17-10(7)2-6(9)4-15/h2-3,5H,1H3. The normalized spacial score (nSPS) is 11.5. The maximum absolute atomic E-state index is 12.6. The van der Waals surface area contributed by atoms with E-state index in [0.29, 0.717) is 6.26 Å². The topological polar surface area (TPSA) is 46.2 Å². The Labute approximate surface area is 94.0 Å². The number of ether oxygens (including phenoxy) is 1. The minimum Gasteiger partial charge on any atom is -0.495 e. The highest BCUT2D eigenvalue weighted by Gasteiger charge is 2.35. The second-order valence-corrected chi connectivity index (χ2v) is 3.31. The number of hydrogen-bond acceptors (Lipinski definition) is 3. The molecule has 0 fully saturated rings. The van der Waals surface area contributed by atoms with Crippen LogP contribution in [0.1, 0.15) is 11.1 Å². The van der Waals surface area contributed by atoms with E-state index in [9.17, 15) is 13.2 Å². The lowest BCUT2D eigenvalue weighted by atomic mass is 10.1. The van der Waals surface area contributed by atoms with E-state index in [1.165, 1.54) is 13.2 Å². The molecule has 3 nitrogen and oxygen atoms in total. The molecule has 0 aliphatic carbocycles. The van der Waals surface area contributed by atoms with Crippen molar-refractivity contribution >= 4 is 11.0 Å². The van der Waals surface area contributed by atoms with E-state index in [2.05, 4.69) is 0 Å². The highest BCUT2D eigenvalue weighted by molar-refractivity contribution is 5.85. The molecule has 17 heavy (non-hydrogen) atoms. The molecule has 0 atom stereocenters. The van der Waals surface area contributed by atoms with Crippen LogP contribution in [0.2, 0.25) is 0 Å². The summed E-state index contributed by atoms with van der Waals surface area (Å²) in [5, 5.41) is 8.66. The molecule has 0 unspecified atom stereocenters. The maximum Gasteiger partial charge on any atom is 0.420 e. The minimum absolute atomic E-state index is 0.00896. The van der Waals surface area contributed by atoms with Gasteiger partial charge in [0.05, 0.1) is 12.7 Å². The molecule has 6 heteroatoms. The van der Waals surface area contributed by atoms with Crippen LogP contribution in [0, 0.1) is 11.3 Å². The lowest BCUT2D eigenvalue weighted by molar-refractivity contribution is -0.136. The summed E-state index contributed by atoms with van der Waals surface area (Å²) < 4.78 is 47.5. The van der Waals surface area contributed by atoms with Crippen LogP contribution in [0.15, 0.2) is 22.8 Å². The molecule has 2 rings (SSSR count). The summed E-state index contributed by atoms with van der Waals surface area (Å²) in [4.78, 5) is 0. The zero-order valence-electron chi connectivity index (χ0n) is 8.63. The van der Waals surface area contributed by atoms with Crippen molar-refractivity contribution in [2.45, 2.75) is 6.18 Å². The Balaban J connectivity index is 2.75. The van der Waals surface area contributed by atoms with Crippen LogP contribution in [0.25, 0.3) is 11.0 Å². The van der Waals surface area contributed by atoms with Crippen LogP contribution in [-0.4, -0.2) is 7.11 Å². The SMILES string of the molecule is COc1cc2c(C(F)(F)F)coc2cc1C#N. The van der Waals surface area contributed by atoms with Crippen LogP contribution in [0.4, 0.5) is 13.2 Å². The number of halogens is 3. The smallest absolute Gasteiger partial charge is 0.420 e. The average Bonchev–Trinajstić information content (AvgIpc) is 2.69. The van der Waals surface area contributed by atoms with Crippen LogP contribution >= 0.6 is 0 Å². The predicted octanol–water partition coefficient (Wildman–Crippen LogP) is 3.33. The van der Waals surface area contributed by atoms with Crippen molar-refractivity contribution in [3.63, 3.8) is 0 Å². The lowest BCUT2D eigenvalue weighted by Crippen LogP contribution is -2.03. The van der Waals surface area contributed by atoms with E-state index in [-0.39, 0.29) is 22.3 Å². The average molecular weight is 241 g/mol. The van der Waals surface area contributed by atoms with Crippen LogP contribution < -0.4 is 4.74 Å². The number of rotatable bonds is 1. The molecule has 0 saturated heterocycles. The Morgan fingerprint density at radius 2 is 2.06 bits per heavy atom. The molecular weight excluding hydrogens is 235 g/mol. The molecule has 1 aromatic heterocycles. The third-order valence-corrected chi connectivity index (χ3v) is 2.32. The Kier molecular flexibility index (Phi) is 2.46. The third-order valence-electron chi connectivity index (χ3n) is 2.32. The number of alkyl halides is 3. The molecule has 1 heterocycles. The summed E-state index contributed by atoms with van der Waals surface area (Å²) in [6, 6.07) is 4.20. The number of nitriles is 1. The zero-order chi connectivity index (χ0) is 12.6. The molecule has 1 aromatic carbocycles. The molecular formula is C11H6F3NO2. The lowest BCUT2D eigenvalue weighted by Gasteiger charge is -2.05. The first kappa shape index (κ1) is 11.3. The van der Waals surface area contributed by atoms with Crippen molar-refractivity contribution in [1.29, 1.82) is 5.26 Å². The van der Waals surface area contributed by atoms with Gasteiger partial charge < -0.3 is 9.15 Å². The van der Waals surface area contributed by atoms with Gasteiger partial charge in [0.15, 0.2) is 0 Å². The van der Waals surface area contributed by atoms with Gasteiger partial charge in [-0.3, -0.25) is 0 Å². The minimum atomic E-state index is -4.50.